The van der Waals surface area contributed by atoms with Crippen molar-refractivity contribution in [2.75, 3.05) is 83.7 Å². The fourth-order valence-corrected chi connectivity index (χ4v) is 17.2. The molecule has 1 fully saturated rings. The zero-order valence-electron chi connectivity index (χ0n) is 82.0. The van der Waals surface area contributed by atoms with E-state index in [-0.39, 0.29) is 103 Å². The summed E-state index contributed by atoms with van der Waals surface area (Å²) >= 11 is 23.7. The normalized spacial score (nSPS) is 12.9. The Morgan fingerprint density at radius 1 is 0.513 bits per heavy atom. The Balaban J connectivity index is 0.000000155. The standard InChI is InChI=1S/C22H21FN6O2.C17H14BrFN4O2.C17H15FN4O2.C11H19BN2O2.C9H10FNO.C8H6ClN3O.C7H4ClN3O.C7H7ClN2O2.2CH4.BHNS/c1-12-8-17(29(2)28-12)15-10-25-21(20-19(15)22(30-3)27-11-26-20)24-9-14-13-6-7-31-18(13)5-4-16(14)23;1-24-17-14-11(18)7-21-16(15(14)22-8-23-17)20-6-10-9-4-5-25-13(9)3-2-12(10)19;1-23-17-11-4-6-19-16(15(11)21-9-22-17)20-8-12-10-5-7-24-14(10)3-2-13(12)18;1-8-7-9(14(6)13-8)12-15-10(2,3)11(4,5)16-12;10-8-1-2-9-6(3-4-12-9)7(8)5-11;1-13-8-5-2-3-10-7(9)6(5)11-4-12-8;8-6-5-4(1-2-9-6)7(12)11-3-10-5;1-12-7(11)4-2-3-10-6(8)5(4)9;;;1-2-3/h4-5,8,10-11H,6-7,9H2,1-3H3,(H,24,25);2-3,7-8H,4-6H2,1H3,(H,20,21);2-4,6,9H,5,7-8H2,1H3,(H,19,20);7H,1-6H3;1-2H,3-5,11H2;2-4H,1H3;1-3H,(H,10,11,12);2-3H,9H2,1H3;2*1H4;3H. The van der Waals surface area contributed by atoms with Crippen LogP contribution in [0.15, 0.2) is 167 Å². The van der Waals surface area contributed by atoms with Crippen molar-refractivity contribution in [2.45, 2.75) is 119 Å². The number of H-pyrrole nitrogens is 1. The number of aromatic nitrogens is 20. The first-order chi connectivity index (χ1) is 71.3. The first kappa shape index (κ1) is 114. The number of benzene rings is 4. The molecule has 13 aromatic heterocycles. The van der Waals surface area contributed by atoms with Gasteiger partial charge < -0.3 is 84.3 Å². The molecule has 0 atom stereocenters. The Morgan fingerprint density at radius 3 is 1.35 bits per heavy atom. The van der Waals surface area contributed by atoms with Crippen molar-refractivity contribution < 1.29 is 74.3 Å². The summed E-state index contributed by atoms with van der Waals surface area (Å²) in [6.07, 6.45) is 19.3. The Bertz CT molecular complexity index is 7790. The molecule has 8 N–H and O–H groups in total. The number of aromatic amines is 1. The molecule has 0 saturated carbocycles. The Labute approximate surface area is 889 Å². The van der Waals surface area contributed by atoms with E-state index < -0.39 is 5.97 Å². The van der Waals surface area contributed by atoms with Crippen LogP contribution in [0.3, 0.4) is 0 Å². The van der Waals surface area contributed by atoms with Gasteiger partial charge in [0.1, 0.15) is 99.2 Å². The van der Waals surface area contributed by atoms with Gasteiger partial charge in [0.15, 0.2) is 32.9 Å². The first-order valence-corrected chi connectivity index (χ1v) is 47.6. The van der Waals surface area contributed by atoms with Crippen LogP contribution in [0, 0.1) is 37.1 Å². The van der Waals surface area contributed by atoms with Crippen molar-refractivity contribution in [1.82, 2.24) is 99.3 Å². The molecule has 22 rings (SSSR count). The quantitative estimate of drug-likeness (QED) is 0.0146. The average Bonchev–Trinajstić information content (AvgIpc) is 1.57. The number of aryl methyl sites for hydroxylation is 4. The number of nitrogens with one attached hydrogen (secondary N) is 4. The van der Waals surface area contributed by atoms with Crippen molar-refractivity contribution in [2.24, 2.45) is 24.1 Å². The number of thiol groups is 1. The summed E-state index contributed by atoms with van der Waals surface area (Å²) in [5.74, 6) is 5.00. The summed E-state index contributed by atoms with van der Waals surface area (Å²) in [6.45, 7) is 15.6. The summed E-state index contributed by atoms with van der Waals surface area (Å²) in [5.41, 5.74) is 23.9. The number of ether oxygens (including phenoxy) is 9. The number of hydrogen-bond donors (Lipinski definition) is 7. The summed E-state index contributed by atoms with van der Waals surface area (Å²) in [5, 5.41) is 22.5. The van der Waals surface area contributed by atoms with Gasteiger partial charge in [-0.15, -0.1) is 0 Å². The van der Waals surface area contributed by atoms with Crippen LogP contribution in [0.5, 0.6) is 46.5 Å². The molecule has 1 radical (unpaired) electrons. The number of hydrogen-bond acceptors (Lipinski definition) is 37. The molecule has 17 aromatic rings. The predicted octanol–water partition coefficient (Wildman–Crippen LogP) is 17.1. The van der Waals surface area contributed by atoms with Crippen LogP contribution in [0.2, 0.25) is 15.5 Å². The zero-order chi connectivity index (χ0) is 106. The van der Waals surface area contributed by atoms with Crippen LogP contribution < -0.4 is 76.5 Å². The molecule has 5 aliphatic rings. The molecule has 0 amide bonds. The molecule has 5 aliphatic heterocycles. The van der Waals surface area contributed by atoms with Gasteiger partial charge in [0.05, 0.1) is 145 Å². The van der Waals surface area contributed by atoms with Gasteiger partial charge in [0.25, 0.3) is 5.56 Å². The van der Waals surface area contributed by atoms with Crippen LogP contribution in [-0.2, 0) is 80.0 Å². The number of fused-ring (bicyclic) bond motifs is 9. The molecule has 50 heteroatoms. The number of carbonyl (C=O) groups is 1. The van der Waals surface area contributed by atoms with E-state index in [1.54, 1.807) is 100 Å². The van der Waals surface area contributed by atoms with E-state index >= 15 is 0 Å². The number of nitrogens with zero attached hydrogens (tertiary/aromatic N) is 20. The fraction of sp³-hybridized carbons (Fsp3) is 0.290. The number of carbonyl (C=O) groups excluding carboxylic acids is 1. The Kier molecular flexibility index (Phi) is 39.2. The van der Waals surface area contributed by atoms with Gasteiger partial charge in [-0.1, -0.05) is 49.7 Å². The minimum atomic E-state index is -0.517. The molecule has 39 nitrogen and oxygen atoms in total. The van der Waals surface area contributed by atoms with Gasteiger partial charge in [0.2, 0.25) is 23.5 Å². The monoisotopic (exact) mass is 2190 g/mol. The number of rotatable bonds is 17. The molecule has 0 unspecified atom stereocenters. The second kappa shape index (κ2) is 51.8. The van der Waals surface area contributed by atoms with Crippen molar-refractivity contribution >= 4 is 168 Å². The third-order valence-corrected chi connectivity index (χ3v) is 25.4. The van der Waals surface area contributed by atoms with Crippen LogP contribution in [0.25, 0.3) is 65.8 Å². The van der Waals surface area contributed by atoms with E-state index in [2.05, 4.69) is 179 Å². The van der Waals surface area contributed by atoms with Gasteiger partial charge in [-0.25, -0.2) is 97.1 Å². The molecular formula is C100H105B2BrCl3F4N26O13S. The molecule has 0 aliphatic carbocycles. The zero-order valence-corrected chi connectivity index (χ0v) is 86.7. The van der Waals surface area contributed by atoms with E-state index in [9.17, 15) is 27.2 Å². The van der Waals surface area contributed by atoms with E-state index in [0.717, 1.165) is 95.2 Å². The van der Waals surface area contributed by atoms with Crippen molar-refractivity contribution in [3.05, 3.63) is 269 Å². The SMILES string of the molecule is C.C.COC(=O)c1ccnc(Cl)c1N.COc1ncnc2c(Cl)nccc12.COc1ncnc2c(NCc3c(F)ccc4c3CCO4)ncc(-c3cc(C)nn3C)c12.COc1ncnc2c(NCc3c(F)ccc4c3CCO4)ncc(Br)c12.COc1ncnc2c(NCc3c(F)ccc4c3CCO4)nccc12.Cc1cc(B2OC(C)(C)C(C)(C)O2)n(C)n1.NCc1c(F)ccc2c1CCO2.O=c1[nH]cnc2c(Cl)nccc12.[B]=NS. The number of esters is 1. The van der Waals surface area contributed by atoms with Gasteiger partial charge >= 0.3 is 37.8 Å². The Morgan fingerprint density at radius 2 is 0.900 bits per heavy atom. The number of nitrogen functional groups attached to an aromatic ring is 1. The van der Waals surface area contributed by atoms with E-state index in [1.165, 1.54) is 81.5 Å². The van der Waals surface area contributed by atoms with E-state index in [0.29, 0.717) is 164 Å². The van der Waals surface area contributed by atoms with Crippen molar-refractivity contribution in [1.29, 1.82) is 0 Å². The van der Waals surface area contributed by atoms with Crippen LogP contribution >= 0.6 is 63.5 Å². The van der Waals surface area contributed by atoms with Crippen molar-refractivity contribution in [3.63, 3.8) is 0 Å². The number of nitrogens with two attached hydrogens (primary N) is 2. The molecular weight excluding hydrogens is 2090 g/mol. The van der Waals surface area contributed by atoms with Gasteiger partial charge in [0, 0.05) is 153 Å². The van der Waals surface area contributed by atoms with Crippen molar-refractivity contribution in [3.8, 4) is 57.8 Å². The van der Waals surface area contributed by atoms with Gasteiger partial charge in [-0.05, 0) is 142 Å². The number of anilines is 4. The summed E-state index contributed by atoms with van der Waals surface area (Å²) in [4.78, 5) is 86.6. The molecule has 150 heavy (non-hydrogen) atoms. The number of halogens is 8. The van der Waals surface area contributed by atoms with Crippen LogP contribution in [0.1, 0.15) is 109 Å². The second-order valence-corrected chi connectivity index (χ2v) is 35.5. The predicted molar refractivity (Wildman–Crippen MR) is 572 cm³/mol. The maximum atomic E-state index is 14.5. The molecule has 0 spiro atoms. The Hall–Kier alpha value is -15.0. The van der Waals surface area contributed by atoms with E-state index in [4.69, 9.17) is 93.5 Å². The third-order valence-electron chi connectivity index (χ3n) is 23.9. The summed E-state index contributed by atoms with van der Waals surface area (Å²) < 4.78 is 123. The second-order valence-electron chi connectivity index (χ2n) is 33.3. The topological polar surface area (TPSA) is 481 Å². The van der Waals surface area contributed by atoms with Gasteiger partial charge in [-0.3, -0.25) is 14.2 Å². The third kappa shape index (κ3) is 25.9. The minimum absolute atomic E-state index is 0. The molecule has 1 saturated heterocycles. The maximum absolute atomic E-state index is 14.5. The fourth-order valence-electron chi connectivity index (χ4n) is 16.1. The van der Waals surface area contributed by atoms with Gasteiger partial charge in [-0.2, -0.15) is 10.2 Å². The number of methoxy groups -OCH3 is 5. The van der Waals surface area contributed by atoms with Crippen LogP contribution in [-0.4, -0.2) is 193 Å². The van der Waals surface area contributed by atoms with Crippen LogP contribution in [0.4, 0.5) is 40.7 Å². The first-order valence-electron chi connectivity index (χ1n) is 45.2. The molecule has 4 aromatic carbocycles. The summed E-state index contributed by atoms with van der Waals surface area (Å²) in [7, 11) is 15.3. The summed E-state index contributed by atoms with van der Waals surface area (Å²) in [6, 6.07) is 23.0. The average molecular weight is 2200 g/mol. The number of pyridine rings is 6. The molecule has 781 valence electrons. The molecule has 18 heterocycles. The van der Waals surface area contributed by atoms with E-state index in [1.807, 2.05) is 44.8 Å². The molecule has 0 bridgehead atoms.